The molecular formula is C31H38N2O2S. The highest BCUT2D eigenvalue weighted by atomic mass is 32.2. The van der Waals surface area contributed by atoms with Gasteiger partial charge >= 0.3 is 0 Å². The lowest BCUT2D eigenvalue weighted by atomic mass is 10.0. The molecule has 0 aliphatic carbocycles. The van der Waals surface area contributed by atoms with Crippen molar-refractivity contribution in [2.75, 3.05) is 12.3 Å². The third-order valence-electron chi connectivity index (χ3n) is 6.03. The molecular weight excluding hydrogens is 464 g/mol. The second kappa shape index (κ2) is 13.9. The van der Waals surface area contributed by atoms with Crippen molar-refractivity contribution in [2.24, 2.45) is 5.92 Å². The molecule has 0 saturated carbocycles. The Labute approximate surface area is 220 Å². The van der Waals surface area contributed by atoms with Crippen LogP contribution in [0.3, 0.4) is 0 Å². The first-order chi connectivity index (χ1) is 17.3. The van der Waals surface area contributed by atoms with Crippen LogP contribution in [0.4, 0.5) is 0 Å². The van der Waals surface area contributed by atoms with Gasteiger partial charge < -0.3 is 10.2 Å². The number of benzene rings is 3. The third-order valence-corrected chi connectivity index (χ3v) is 7.05. The molecule has 1 N–H and O–H groups in total. The molecule has 1 atom stereocenters. The molecule has 4 nitrogen and oxygen atoms in total. The molecule has 3 aromatic carbocycles. The average Bonchev–Trinajstić information content (AvgIpc) is 2.87. The van der Waals surface area contributed by atoms with Crippen molar-refractivity contribution in [3.63, 3.8) is 0 Å². The minimum atomic E-state index is -0.579. The number of carbonyl (C=O) groups excluding carboxylic acids is 2. The van der Waals surface area contributed by atoms with E-state index in [1.807, 2.05) is 49.4 Å². The molecule has 0 bridgehead atoms. The topological polar surface area (TPSA) is 49.4 Å². The number of hydrogen-bond acceptors (Lipinski definition) is 3. The maximum absolute atomic E-state index is 13.7. The van der Waals surface area contributed by atoms with E-state index < -0.39 is 6.04 Å². The molecule has 2 amide bonds. The SMILES string of the molecule is Cc1ccc(CN(C(=O)CCSc2ccc(C)cc2)C(Cc2ccccc2)C(=O)NCC(C)C)cc1. The van der Waals surface area contributed by atoms with Crippen LogP contribution in [-0.2, 0) is 22.6 Å². The van der Waals surface area contributed by atoms with E-state index in [4.69, 9.17) is 0 Å². The molecule has 5 heteroatoms. The van der Waals surface area contributed by atoms with E-state index >= 15 is 0 Å². The molecule has 0 fully saturated rings. The largest absolute Gasteiger partial charge is 0.354 e. The standard InChI is InChI=1S/C31H38N2O2S/c1-23(2)21-32-31(35)29(20-26-8-6-5-7-9-26)33(22-27-14-10-24(3)11-15-27)30(34)18-19-36-28-16-12-25(4)13-17-28/h5-17,23,29H,18-22H2,1-4H3,(H,32,35). The molecule has 0 aliphatic rings. The second-order valence-corrected chi connectivity index (χ2v) is 10.9. The van der Waals surface area contributed by atoms with Crippen LogP contribution in [0.15, 0.2) is 83.8 Å². The van der Waals surface area contributed by atoms with Crippen LogP contribution in [0.25, 0.3) is 0 Å². The number of thioether (sulfide) groups is 1. The zero-order valence-electron chi connectivity index (χ0n) is 21.9. The highest BCUT2D eigenvalue weighted by molar-refractivity contribution is 7.99. The van der Waals surface area contributed by atoms with Gasteiger partial charge in [0.2, 0.25) is 11.8 Å². The molecule has 3 aromatic rings. The highest BCUT2D eigenvalue weighted by Crippen LogP contribution is 2.21. The van der Waals surface area contributed by atoms with Gasteiger partial charge in [-0.05, 0) is 43.0 Å². The maximum atomic E-state index is 13.7. The predicted octanol–water partition coefficient (Wildman–Crippen LogP) is 6.20. The number of nitrogens with one attached hydrogen (secondary N) is 1. The zero-order chi connectivity index (χ0) is 25.9. The van der Waals surface area contributed by atoms with E-state index in [0.717, 1.165) is 16.0 Å². The minimum Gasteiger partial charge on any atom is -0.354 e. The molecule has 0 saturated heterocycles. The molecule has 3 rings (SSSR count). The van der Waals surface area contributed by atoms with Gasteiger partial charge in [-0.25, -0.2) is 0 Å². The number of hydrogen-bond donors (Lipinski definition) is 1. The number of carbonyl (C=O) groups is 2. The van der Waals surface area contributed by atoms with Crippen molar-refractivity contribution in [1.82, 2.24) is 10.2 Å². The van der Waals surface area contributed by atoms with Gasteiger partial charge in [-0.3, -0.25) is 9.59 Å². The van der Waals surface area contributed by atoms with E-state index in [9.17, 15) is 9.59 Å². The van der Waals surface area contributed by atoms with Gasteiger partial charge in [0, 0.05) is 36.6 Å². The molecule has 190 valence electrons. The number of rotatable bonds is 12. The molecule has 0 aromatic heterocycles. The van der Waals surface area contributed by atoms with Crippen LogP contribution in [0.2, 0.25) is 0 Å². The summed E-state index contributed by atoms with van der Waals surface area (Å²) < 4.78 is 0. The normalized spacial score (nSPS) is 11.8. The Balaban J connectivity index is 1.82. The molecule has 1 unspecified atom stereocenters. The Bertz CT molecular complexity index is 1100. The van der Waals surface area contributed by atoms with Crippen LogP contribution >= 0.6 is 11.8 Å². The summed E-state index contributed by atoms with van der Waals surface area (Å²) in [6.07, 6.45) is 0.848. The second-order valence-electron chi connectivity index (χ2n) is 9.76. The van der Waals surface area contributed by atoms with Crippen molar-refractivity contribution < 1.29 is 9.59 Å². The van der Waals surface area contributed by atoms with Crippen LogP contribution in [-0.4, -0.2) is 35.1 Å². The summed E-state index contributed by atoms with van der Waals surface area (Å²) >= 11 is 1.67. The minimum absolute atomic E-state index is 0.00388. The van der Waals surface area contributed by atoms with Crippen molar-refractivity contribution in [3.05, 3.63) is 101 Å². The lowest BCUT2D eigenvalue weighted by molar-refractivity contribution is -0.141. The fourth-order valence-corrected chi connectivity index (χ4v) is 4.74. The summed E-state index contributed by atoms with van der Waals surface area (Å²) in [6.45, 7) is 9.25. The average molecular weight is 503 g/mol. The summed E-state index contributed by atoms with van der Waals surface area (Å²) in [6, 6.07) is 25.9. The van der Waals surface area contributed by atoms with Crippen LogP contribution in [0, 0.1) is 19.8 Å². The van der Waals surface area contributed by atoms with Gasteiger partial charge in [-0.2, -0.15) is 0 Å². The smallest absolute Gasteiger partial charge is 0.243 e. The fraction of sp³-hybridized carbons (Fsp3) is 0.355. The Hall–Kier alpha value is -3.05. The Kier molecular flexibility index (Phi) is 10.6. The maximum Gasteiger partial charge on any atom is 0.243 e. The van der Waals surface area contributed by atoms with Gasteiger partial charge in [-0.15, -0.1) is 11.8 Å². The van der Waals surface area contributed by atoms with Crippen LogP contribution in [0.5, 0.6) is 0 Å². The quantitative estimate of drug-likeness (QED) is 0.300. The van der Waals surface area contributed by atoms with Crippen molar-refractivity contribution in [2.45, 2.75) is 58.0 Å². The van der Waals surface area contributed by atoms with Gasteiger partial charge in [0.05, 0.1) is 0 Å². The van der Waals surface area contributed by atoms with Gasteiger partial charge in [-0.1, -0.05) is 91.7 Å². The third kappa shape index (κ3) is 8.87. The lowest BCUT2D eigenvalue weighted by Gasteiger charge is -2.32. The van der Waals surface area contributed by atoms with E-state index in [2.05, 4.69) is 62.5 Å². The first-order valence-corrected chi connectivity index (χ1v) is 13.7. The molecule has 0 spiro atoms. The van der Waals surface area contributed by atoms with Gasteiger partial charge in [0.25, 0.3) is 0 Å². The molecule has 0 aliphatic heterocycles. The zero-order valence-corrected chi connectivity index (χ0v) is 22.7. The summed E-state index contributed by atoms with van der Waals surface area (Å²) in [5.41, 5.74) is 4.45. The number of nitrogens with zero attached hydrogens (tertiary/aromatic N) is 1. The van der Waals surface area contributed by atoms with Gasteiger partial charge in [0.1, 0.15) is 6.04 Å². The van der Waals surface area contributed by atoms with E-state index in [0.29, 0.717) is 37.6 Å². The van der Waals surface area contributed by atoms with Crippen LogP contribution in [0.1, 0.15) is 42.5 Å². The Morgan fingerprint density at radius 2 is 1.44 bits per heavy atom. The fourth-order valence-electron chi connectivity index (χ4n) is 3.90. The van der Waals surface area contributed by atoms with E-state index in [-0.39, 0.29) is 11.8 Å². The molecule has 36 heavy (non-hydrogen) atoms. The van der Waals surface area contributed by atoms with Crippen molar-refractivity contribution in [1.29, 1.82) is 0 Å². The Morgan fingerprint density at radius 1 is 0.833 bits per heavy atom. The summed E-state index contributed by atoms with van der Waals surface area (Å²) in [4.78, 5) is 30.1. The first kappa shape index (κ1) is 27.5. The number of amides is 2. The summed E-state index contributed by atoms with van der Waals surface area (Å²) in [7, 11) is 0. The highest BCUT2D eigenvalue weighted by Gasteiger charge is 2.30. The van der Waals surface area contributed by atoms with E-state index in [1.165, 1.54) is 11.1 Å². The molecule has 0 radical (unpaired) electrons. The molecule has 0 heterocycles. The number of aryl methyl sites for hydroxylation is 2. The van der Waals surface area contributed by atoms with Crippen molar-refractivity contribution in [3.8, 4) is 0 Å². The van der Waals surface area contributed by atoms with Crippen molar-refractivity contribution >= 4 is 23.6 Å². The van der Waals surface area contributed by atoms with Gasteiger partial charge in [0.15, 0.2) is 0 Å². The van der Waals surface area contributed by atoms with E-state index in [1.54, 1.807) is 16.7 Å². The Morgan fingerprint density at radius 3 is 2.06 bits per heavy atom. The monoisotopic (exact) mass is 502 g/mol. The first-order valence-electron chi connectivity index (χ1n) is 12.7. The summed E-state index contributed by atoms with van der Waals surface area (Å²) in [5.74, 6) is 0.895. The predicted molar refractivity (Wildman–Crippen MR) is 150 cm³/mol. The lowest BCUT2D eigenvalue weighted by Crippen LogP contribution is -2.51. The van der Waals surface area contributed by atoms with Crippen LogP contribution < -0.4 is 5.32 Å². The summed E-state index contributed by atoms with van der Waals surface area (Å²) in [5, 5.41) is 3.08.